The monoisotopic (exact) mass is 290 g/mol. The molecule has 1 atom stereocenters. The standard InChI is InChI=1S/C17H26N2O2/c1-10(2)12(5)19-8-13-6-7-14(16(18)15(13)9-19)17(20)21-11(3)4/h6-7,10-12H,8-9,18H2,1-5H3. The lowest BCUT2D eigenvalue weighted by atomic mass is 10.0. The van der Waals surface area contributed by atoms with E-state index in [0.29, 0.717) is 23.2 Å². The van der Waals surface area contributed by atoms with Crippen LogP contribution in [0.1, 0.15) is 56.1 Å². The Morgan fingerprint density at radius 3 is 2.43 bits per heavy atom. The van der Waals surface area contributed by atoms with Crippen LogP contribution in [0.4, 0.5) is 5.69 Å². The van der Waals surface area contributed by atoms with Crippen molar-refractivity contribution in [1.29, 1.82) is 0 Å². The first-order valence-electron chi connectivity index (χ1n) is 7.66. The predicted molar refractivity (Wildman–Crippen MR) is 85.0 cm³/mol. The summed E-state index contributed by atoms with van der Waals surface area (Å²) in [5.74, 6) is 0.256. The molecule has 0 saturated heterocycles. The summed E-state index contributed by atoms with van der Waals surface area (Å²) in [5.41, 5.74) is 9.60. The smallest absolute Gasteiger partial charge is 0.340 e. The molecule has 21 heavy (non-hydrogen) atoms. The largest absolute Gasteiger partial charge is 0.459 e. The maximum absolute atomic E-state index is 12.1. The number of nitrogen functional groups attached to an aromatic ring is 1. The summed E-state index contributed by atoms with van der Waals surface area (Å²) in [6, 6.07) is 4.29. The second-order valence-electron chi connectivity index (χ2n) is 6.51. The van der Waals surface area contributed by atoms with Gasteiger partial charge in [0.05, 0.1) is 17.4 Å². The first-order valence-corrected chi connectivity index (χ1v) is 7.66. The average Bonchev–Trinajstić information content (AvgIpc) is 2.81. The highest BCUT2D eigenvalue weighted by Crippen LogP contribution is 2.33. The zero-order valence-electron chi connectivity index (χ0n) is 13.6. The van der Waals surface area contributed by atoms with Crippen molar-refractivity contribution in [1.82, 2.24) is 4.90 Å². The Kier molecular flexibility index (Phi) is 4.57. The quantitative estimate of drug-likeness (QED) is 0.683. The second kappa shape index (κ2) is 6.06. The molecule has 2 rings (SSSR count). The van der Waals surface area contributed by atoms with E-state index in [9.17, 15) is 4.79 Å². The minimum absolute atomic E-state index is 0.136. The molecule has 1 heterocycles. The Bertz CT molecular complexity index is 538. The molecule has 1 aromatic rings. The maximum Gasteiger partial charge on any atom is 0.340 e. The van der Waals surface area contributed by atoms with Gasteiger partial charge in [-0.05, 0) is 43.9 Å². The van der Waals surface area contributed by atoms with Gasteiger partial charge in [-0.2, -0.15) is 0 Å². The van der Waals surface area contributed by atoms with Gasteiger partial charge in [0.2, 0.25) is 0 Å². The SMILES string of the molecule is CC(C)OC(=O)c1ccc2c(c1N)CN(C(C)C(C)C)C2. The number of fused-ring (bicyclic) bond motifs is 1. The maximum atomic E-state index is 12.1. The molecule has 0 amide bonds. The third-order valence-electron chi connectivity index (χ3n) is 4.29. The van der Waals surface area contributed by atoms with E-state index in [1.807, 2.05) is 19.9 Å². The molecule has 0 fully saturated rings. The zero-order valence-corrected chi connectivity index (χ0v) is 13.6. The Balaban J connectivity index is 2.24. The van der Waals surface area contributed by atoms with Gasteiger partial charge in [0.25, 0.3) is 0 Å². The van der Waals surface area contributed by atoms with E-state index in [-0.39, 0.29) is 12.1 Å². The molecule has 0 aromatic heterocycles. The van der Waals surface area contributed by atoms with Gasteiger partial charge in [0.1, 0.15) is 0 Å². The van der Waals surface area contributed by atoms with Crippen molar-refractivity contribution >= 4 is 11.7 Å². The van der Waals surface area contributed by atoms with Gasteiger partial charge in [-0.3, -0.25) is 4.90 Å². The van der Waals surface area contributed by atoms with Crippen LogP contribution in [0.25, 0.3) is 0 Å². The number of rotatable bonds is 4. The van der Waals surface area contributed by atoms with Crippen LogP contribution in [0.3, 0.4) is 0 Å². The fourth-order valence-corrected chi connectivity index (χ4v) is 2.69. The second-order valence-corrected chi connectivity index (χ2v) is 6.51. The van der Waals surface area contributed by atoms with Crippen LogP contribution in [0.2, 0.25) is 0 Å². The normalized spacial score (nSPS) is 16.3. The molecule has 4 nitrogen and oxygen atoms in total. The summed E-state index contributed by atoms with van der Waals surface area (Å²) in [4.78, 5) is 14.5. The van der Waals surface area contributed by atoms with Crippen molar-refractivity contribution in [3.05, 3.63) is 28.8 Å². The van der Waals surface area contributed by atoms with Crippen molar-refractivity contribution in [3.63, 3.8) is 0 Å². The molecule has 2 N–H and O–H groups in total. The highest BCUT2D eigenvalue weighted by molar-refractivity contribution is 5.96. The number of esters is 1. The summed E-state index contributed by atoms with van der Waals surface area (Å²) < 4.78 is 5.26. The van der Waals surface area contributed by atoms with Gasteiger partial charge >= 0.3 is 5.97 Å². The Labute approximate surface area is 127 Å². The summed E-state index contributed by atoms with van der Waals surface area (Å²) in [6.07, 6.45) is -0.136. The lowest BCUT2D eigenvalue weighted by Gasteiger charge is -2.27. The summed E-state index contributed by atoms with van der Waals surface area (Å²) in [6.45, 7) is 12.1. The van der Waals surface area contributed by atoms with Crippen LogP contribution in [0, 0.1) is 5.92 Å². The van der Waals surface area contributed by atoms with E-state index in [1.165, 1.54) is 5.56 Å². The number of carbonyl (C=O) groups is 1. The van der Waals surface area contributed by atoms with Gasteiger partial charge in [-0.15, -0.1) is 0 Å². The Morgan fingerprint density at radius 1 is 1.19 bits per heavy atom. The van der Waals surface area contributed by atoms with Crippen LogP contribution in [0.15, 0.2) is 12.1 Å². The van der Waals surface area contributed by atoms with E-state index < -0.39 is 0 Å². The van der Waals surface area contributed by atoms with Gasteiger partial charge in [0.15, 0.2) is 0 Å². The topological polar surface area (TPSA) is 55.6 Å². The van der Waals surface area contributed by atoms with E-state index in [0.717, 1.165) is 18.7 Å². The van der Waals surface area contributed by atoms with Crippen LogP contribution in [-0.2, 0) is 17.8 Å². The molecule has 0 aliphatic carbocycles. The summed E-state index contributed by atoms with van der Waals surface area (Å²) >= 11 is 0. The minimum atomic E-state index is -0.333. The van der Waals surface area contributed by atoms with Crippen molar-refractivity contribution in [2.45, 2.75) is 59.9 Å². The van der Waals surface area contributed by atoms with Crippen molar-refractivity contribution in [2.24, 2.45) is 5.92 Å². The number of anilines is 1. The lowest BCUT2D eigenvalue weighted by Crippen LogP contribution is -2.32. The van der Waals surface area contributed by atoms with E-state index in [2.05, 4.69) is 25.7 Å². The van der Waals surface area contributed by atoms with Gasteiger partial charge in [-0.1, -0.05) is 19.9 Å². The molecule has 1 aliphatic rings. The predicted octanol–water partition coefficient (Wildman–Crippen LogP) is 3.19. The molecular formula is C17H26N2O2. The molecule has 1 aromatic carbocycles. The van der Waals surface area contributed by atoms with Crippen LogP contribution in [-0.4, -0.2) is 23.0 Å². The van der Waals surface area contributed by atoms with Crippen LogP contribution >= 0.6 is 0 Å². The van der Waals surface area contributed by atoms with Crippen LogP contribution in [0.5, 0.6) is 0 Å². The molecule has 0 radical (unpaired) electrons. The average molecular weight is 290 g/mol. The summed E-state index contributed by atoms with van der Waals surface area (Å²) in [7, 11) is 0. The van der Waals surface area contributed by atoms with E-state index in [1.54, 1.807) is 6.07 Å². The molecule has 0 saturated carbocycles. The van der Waals surface area contributed by atoms with E-state index in [4.69, 9.17) is 10.5 Å². The lowest BCUT2D eigenvalue weighted by molar-refractivity contribution is 0.0379. The Hall–Kier alpha value is -1.55. The van der Waals surface area contributed by atoms with Crippen molar-refractivity contribution in [3.8, 4) is 0 Å². The first-order chi connectivity index (χ1) is 9.81. The van der Waals surface area contributed by atoms with E-state index >= 15 is 0 Å². The number of benzene rings is 1. The van der Waals surface area contributed by atoms with Gasteiger partial charge < -0.3 is 10.5 Å². The number of nitrogens with two attached hydrogens (primary N) is 1. The molecule has 4 heteroatoms. The highest BCUT2D eigenvalue weighted by Gasteiger charge is 2.28. The third kappa shape index (κ3) is 3.21. The van der Waals surface area contributed by atoms with Gasteiger partial charge in [-0.25, -0.2) is 4.79 Å². The number of carbonyl (C=O) groups excluding carboxylic acids is 1. The minimum Gasteiger partial charge on any atom is -0.459 e. The fraction of sp³-hybridized carbons (Fsp3) is 0.588. The highest BCUT2D eigenvalue weighted by atomic mass is 16.5. The molecule has 116 valence electrons. The number of hydrogen-bond donors (Lipinski definition) is 1. The number of hydrogen-bond acceptors (Lipinski definition) is 4. The molecule has 0 bridgehead atoms. The number of ether oxygens (including phenoxy) is 1. The molecule has 1 aliphatic heterocycles. The molecular weight excluding hydrogens is 264 g/mol. The Morgan fingerprint density at radius 2 is 1.86 bits per heavy atom. The number of nitrogens with zero attached hydrogens (tertiary/aromatic N) is 1. The molecule has 1 unspecified atom stereocenters. The fourth-order valence-electron chi connectivity index (χ4n) is 2.69. The zero-order chi connectivity index (χ0) is 15.7. The van der Waals surface area contributed by atoms with Gasteiger partial charge in [0, 0.05) is 19.1 Å². The molecule has 0 spiro atoms. The van der Waals surface area contributed by atoms with Crippen molar-refractivity contribution < 1.29 is 9.53 Å². The summed E-state index contributed by atoms with van der Waals surface area (Å²) in [5, 5.41) is 0. The van der Waals surface area contributed by atoms with Crippen LogP contribution < -0.4 is 5.73 Å². The first kappa shape index (κ1) is 15.8. The van der Waals surface area contributed by atoms with Crippen molar-refractivity contribution in [2.75, 3.05) is 5.73 Å². The third-order valence-corrected chi connectivity index (χ3v) is 4.29.